The number of benzene rings is 1. The van der Waals surface area contributed by atoms with E-state index in [1.54, 1.807) is 0 Å². The fourth-order valence-electron chi connectivity index (χ4n) is 2.09. The molecule has 0 unspecified atom stereocenters. The first-order valence-corrected chi connectivity index (χ1v) is 5.60. The van der Waals surface area contributed by atoms with E-state index in [1.165, 1.54) is 31.5 Å². The highest BCUT2D eigenvalue weighted by molar-refractivity contribution is 5.32. The second-order valence-corrected chi connectivity index (χ2v) is 4.11. The molecule has 2 heteroatoms. The first kappa shape index (κ1) is 10.2. The molecule has 0 atom stereocenters. The van der Waals surface area contributed by atoms with Crippen molar-refractivity contribution in [3.8, 4) is 6.07 Å². The predicted molar refractivity (Wildman–Crippen MR) is 60.5 cm³/mol. The topological polar surface area (TPSA) is 27.0 Å². The molecule has 15 heavy (non-hydrogen) atoms. The van der Waals surface area contributed by atoms with Crippen LogP contribution in [0.3, 0.4) is 0 Å². The van der Waals surface area contributed by atoms with Crippen molar-refractivity contribution in [2.75, 3.05) is 19.6 Å². The van der Waals surface area contributed by atoms with Crippen LogP contribution in [0.4, 0.5) is 0 Å². The normalized spacial score (nSPS) is 16.5. The van der Waals surface area contributed by atoms with Gasteiger partial charge in [0.25, 0.3) is 0 Å². The van der Waals surface area contributed by atoms with Gasteiger partial charge in [-0.3, -0.25) is 0 Å². The highest BCUT2D eigenvalue weighted by Gasteiger charge is 2.10. The van der Waals surface area contributed by atoms with Crippen LogP contribution < -0.4 is 0 Å². The van der Waals surface area contributed by atoms with Gasteiger partial charge in [-0.25, -0.2) is 0 Å². The SMILES string of the molecule is N#Cc1cccc(CCN2CCCC2)c1. The van der Waals surface area contributed by atoms with E-state index in [-0.39, 0.29) is 0 Å². The summed E-state index contributed by atoms with van der Waals surface area (Å²) in [7, 11) is 0. The molecule has 1 aliphatic rings. The molecule has 0 saturated carbocycles. The summed E-state index contributed by atoms with van der Waals surface area (Å²) in [6, 6.07) is 10.1. The molecule has 0 bridgehead atoms. The number of rotatable bonds is 3. The van der Waals surface area contributed by atoms with Crippen LogP contribution in [0.5, 0.6) is 0 Å². The van der Waals surface area contributed by atoms with Gasteiger partial charge >= 0.3 is 0 Å². The average molecular weight is 200 g/mol. The van der Waals surface area contributed by atoms with Gasteiger partial charge < -0.3 is 4.90 Å². The smallest absolute Gasteiger partial charge is 0.0991 e. The van der Waals surface area contributed by atoms with Crippen LogP contribution in [0.2, 0.25) is 0 Å². The van der Waals surface area contributed by atoms with Gasteiger partial charge in [-0.2, -0.15) is 5.26 Å². The minimum absolute atomic E-state index is 0.772. The van der Waals surface area contributed by atoms with Crippen molar-refractivity contribution in [3.05, 3.63) is 35.4 Å². The summed E-state index contributed by atoms with van der Waals surface area (Å²) in [6.45, 7) is 3.63. The maximum absolute atomic E-state index is 8.78. The molecule has 0 radical (unpaired) electrons. The lowest BCUT2D eigenvalue weighted by atomic mass is 10.1. The fraction of sp³-hybridized carbons (Fsp3) is 0.462. The molecule has 1 saturated heterocycles. The summed E-state index contributed by atoms with van der Waals surface area (Å²) in [5.41, 5.74) is 2.05. The molecule has 1 aromatic rings. The zero-order chi connectivity index (χ0) is 10.5. The minimum atomic E-state index is 0.772. The summed E-state index contributed by atoms with van der Waals surface area (Å²) in [6.07, 6.45) is 3.76. The molecule has 1 aromatic carbocycles. The molecule has 0 spiro atoms. The summed E-state index contributed by atoms with van der Waals surface area (Å²) >= 11 is 0. The average Bonchev–Trinajstić information content (AvgIpc) is 2.79. The Morgan fingerprint density at radius 1 is 1.27 bits per heavy atom. The maximum Gasteiger partial charge on any atom is 0.0991 e. The van der Waals surface area contributed by atoms with Gasteiger partial charge in [0.05, 0.1) is 11.6 Å². The molecule has 0 aromatic heterocycles. The molecular formula is C13H16N2. The fourth-order valence-corrected chi connectivity index (χ4v) is 2.09. The van der Waals surface area contributed by atoms with Crippen LogP contribution in [0.1, 0.15) is 24.0 Å². The molecule has 2 rings (SSSR count). The van der Waals surface area contributed by atoms with E-state index in [0.29, 0.717) is 0 Å². The van der Waals surface area contributed by atoms with E-state index in [9.17, 15) is 0 Å². The highest BCUT2D eigenvalue weighted by atomic mass is 15.1. The van der Waals surface area contributed by atoms with Crippen LogP contribution >= 0.6 is 0 Å². The first-order chi connectivity index (χ1) is 7.38. The third kappa shape index (κ3) is 2.81. The Balaban J connectivity index is 1.90. The van der Waals surface area contributed by atoms with Gasteiger partial charge in [0.1, 0.15) is 0 Å². The molecule has 1 heterocycles. The van der Waals surface area contributed by atoms with E-state index in [0.717, 1.165) is 18.5 Å². The van der Waals surface area contributed by atoms with Crippen molar-refractivity contribution in [2.24, 2.45) is 0 Å². The quantitative estimate of drug-likeness (QED) is 0.748. The monoisotopic (exact) mass is 200 g/mol. The Kier molecular flexibility index (Phi) is 3.37. The standard InChI is InChI=1S/C13H16N2/c14-11-13-5-3-4-12(10-13)6-9-15-7-1-2-8-15/h3-5,10H,1-2,6-9H2. The van der Waals surface area contributed by atoms with Gasteiger partial charge in [-0.1, -0.05) is 12.1 Å². The van der Waals surface area contributed by atoms with Crippen LogP contribution in [0.15, 0.2) is 24.3 Å². The number of nitrogens with zero attached hydrogens (tertiary/aromatic N) is 2. The first-order valence-electron chi connectivity index (χ1n) is 5.60. The Bertz CT molecular complexity index is 359. The largest absolute Gasteiger partial charge is 0.303 e. The lowest BCUT2D eigenvalue weighted by Gasteiger charge is -2.13. The van der Waals surface area contributed by atoms with E-state index in [2.05, 4.69) is 17.0 Å². The Labute approximate surface area is 91.1 Å². The van der Waals surface area contributed by atoms with E-state index in [4.69, 9.17) is 5.26 Å². The molecule has 2 nitrogen and oxygen atoms in total. The number of likely N-dealkylation sites (tertiary alicyclic amines) is 1. The van der Waals surface area contributed by atoms with E-state index in [1.807, 2.05) is 18.2 Å². The summed E-state index contributed by atoms with van der Waals surface area (Å²) in [5.74, 6) is 0. The van der Waals surface area contributed by atoms with Gasteiger partial charge in [-0.15, -0.1) is 0 Å². The Hall–Kier alpha value is -1.33. The van der Waals surface area contributed by atoms with E-state index < -0.39 is 0 Å². The summed E-state index contributed by atoms with van der Waals surface area (Å²) in [4.78, 5) is 2.50. The molecule has 1 aliphatic heterocycles. The number of nitriles is 1. The second kappa shape index (κ2) is 4.95. The van der Waals surface area contributed by atoms with Crippen molar-refractivity contribution in [1.82, 2.24) is 4.90 Å². The highest BCUT2D eigenvalue weighted by Crippen LogP contribution is 2.10. The summed E-state index contributed by atoms with van der Waals surface area (Å²) < 4.78 is 0. The molecule has 0 aliphatic carbocycles. The third-order valence-corrected chi connectivity index (χ3v) is 2.97. The molecule has 78 valence electrons. The van der Waals surface area contributed by atoms with Gasteiger partial charge in [0, 0.05) is 6.54 Å². The molecular weight excluding hydrogens is 184 g/mol. The van der Waals surface area contributed by atoms with E-state index >= 15 is 0 Å². The maximum atomic E-state index is 8.78. The van der Waals surface area contributed by atoms with Crippen molar-refractivity contribution >= 4 is 0 Å². The van der Waals surface area contributed by atoms with Crippen molar-refractivity contribution in [3.63, 3.8) is 0 Å². The molecule has 0 N–H and O–H groups in total. The third-order valence-electron chi connectivity index (χ3n) is 2.97. The lowest BCUT2D eigenvalue weighted by molar-refractivity contribution is 0.343. The zero-order valence-corrected chi connectivity index (χ0v) is 8.95. The van der Waals surface area contributed by atoms with Crippen molar-refractivity contribution < 1.29 is 0 Å². The number of hydrogen-bond acceptors (Lipinski definition) is 2. The minimum Gasteiger partial charge on any atom is -0.303 e. The van der Waals surface area contributed by atoms with Crippen molar-refractivity contribution in [1.29, 1.82) is 5.26 Å². The number of hydrogen-bond donors (Lipinski definition) is 0. The van der Waals surface area contributed by atoms with Crippen molar-refractivity contribution in [2.45, 2.75) is 19.3 Å². The van der Waals surface area contributed by atoms with Gasteiger partial charge in [0.15, 0.2) is 0 Å². The Morgan fingerprint density at radius 3 is 2.80 bits per heavy atom. The predicted octanol–water partition coefficient (Wildman–Crippen LogP) is 2.20. The Morgan fingerprint density at radius 2 is 2.07 bits per heavy atom. The van der Waals surface area contributed by atoms with Gasteiger partial charge in [0.2, 0.25) is 0 Å². The van der Waals surface area contributed by atoms with Gasteiger partial charge in [-0.05, 0) is 50.0 Å². The lowest BCUT2D eigenvalue weighted by Crippen LogP contribution is -2.21. The van der Waals surface area contributed by atoms with Crippen LogP contribution in [0, 0.1) is 11.3 Å². The zero-order valence-electron chi connectivity index (χ0n) is 8.95. The second-order valence-electron chi connectivity index (χ2n) is 4.11. The summed E-state index contributed by atoms with van der Waals surface area (Å²) in [5, 5.41) is 8.78. The van der Waals surface area contributed by atoms with Crippen LogP contribution in [-0.2, 0) is 6.42 Å². The molecule has 0 amide bonds. The van der Waals surface area contributed by atoms with Crippen LogP contribution in [0.25, 0.3) is 0 Å². The van der Waals surface area contributed by atoms with Crippen LogP contribution in [-0.4, -0.2) is 24.5 Å². The molecule has 1 fully saturated rings.